The highest BCUT2D eigenvalue weighted by Crippen LogP contribution is 2.06. The van der Waals surface area contributed by atoms with Crippen molar-refractivity contribution in [3.05, 3.63) is 35.4 Å². The van der Waals surface area contributed by atoms with Crippen LogP contribution in [-0.2, 0) is 26.2 Å². The lowest BCUT2D eigenvalue weighted by atomic mass is 10.2. The molecular formula is C13H19F2N5. The summed E-state index contributed by atoms with van der Waals surface area (Å²) >= 11 is 0. The fraction of sp³-hybridized carbons (Fsp3) is 0.538. The Kier molecular flexibility index (Phi) is 4.84. The van der Waals surface area contributed by atoms with E-state index in [1.807, 2.05) is 24.7 Å². The zero-order valence-electron chi connectivity index (χ0n) is 11.7. The largest absolute Gasteiger partial charge is 0.307 e. The number of nitrogens with zero attached hydrogens (tertiary/aromatic N) is 4. The van der Waals surface area contributed by atoms with E-state index < -0.39 is 6.43 Å². The van der Waals surface area contributed by atoms with Gasteiger partial charge in [-0.3, -0.25) is 9.36 Å². The maximum Gasteiger partial charge on any atom is 0.257 e. The smallest absolute Gasteiger partial charge is 0.257 e. The lowest BCUT2D eigenvalue weighted by Crippen LogP contribution is -2.14. The van der Waals surface area contributed by atoms with Gasteiger partial charge in [0.2, 0.25) is 0 Å². The molecule has 0 atom stereocenters. The van der Waals surface area contributed by atoms with Crippen molar-refractivity contribution in [2.24, 2.45) is 0 Å². The molecule has 2 rings (SSSR count). The van der Waals surface area contributed by atoms with Crippen molar-refractivity contribution < 1.29 is 8.78 Å². The van der Waals surface area contributed by atoms with Crippen LogP contribution in [0.2, 0.25) is 0 Å². The van der Waals surface area contributed by atoms with Gasteiger partial charge < -0.3 is 5.32 Å². The van der Waals surface area contributed by atoms with E-state index >= 15 is 0 Å². The zero-order valence-corrected chi connectivity index (χ0v) is 11.7. The molecule has 0 aliphatic rings. The van der Waals surface area contributed by atoms with Crippen LogP contribution in [0.15, 0.2) is 18.5 Å². The van der Waals surface area contributed by atoms with Gasteiger partial charge >= 0.3 is 0 Å². The second-order valence-corrected chi connectivity index (χ2v) is 4.62. The number of nitrogens with one attached hydrogen (secondary N) is 1. The first-order valence-electron chi connectivity index (χ1n) is 6.62. The van der Waals surface area contributed by atoms with Crippen molar-refractivity contribution >= 4 is 0 Å². The van der Waals surface area contributed by atoms with Gasteiger partial charge in [-0.1, -0.05) is 0 Å². The van der Waals surface area contributed by atoms with Crippen LogP contribution in [0, 0.1) is 6.92 Å². The zero-order chi connectivity index (χ0) is 14.5. The van der Waals surface area contributed by atoms with Crippen molar-refractivity contribution in [3.8, 4) is 0 Å². The SMILES string of the molecule is CCn1cc(CNCc2ccn(CC(F)F)n2)c(C)n1. The van der Waals surface area contributed by atoms with Gasteiger partial charge in [0.25, 0.3) is 6.43 Å². The van der Waals surface area contributed by atoms with Crippen molar-refractivity contribution in [3.63, 3.8) is 0 Å². The van der Waals surface area contributed by atoms with Gasteiger partial charge in [-0.2, -0.15) is 10.2 Å². The minimum atomic E-state index is -2.38. The highest BCUT2D eigenvalue weighted by molar-refractivity contribution is 5.15. The fourth-order valence-electron chi connectivity index (χ4n) is 1.96. The number of aromatic nitrogens is 4. The highest BCUT2D eigenvalue weighted by atomic mass is 19.3. The van der Waals surface area contributed by atoms with Crippen LogP contribution in [0.1, 0.15) is 23.9 Å². The van der Waals surface area contributed by atoms with Crippen LogP contribution < -0.4 is 5.32 Å². The van der Waals surface area contributed by atoms with E-state index in [9.17, 15) is 8.78 Å². The molecule has 0 aliphatic carbocycles. The molecule has 0 saturated carbocycles. The predicted molar refractivity (Wildman–Crippen MR) is 71.4 cm³/mol. The number of alkyl halides is 2. The minimum Gasteiger partial charge on any atom is -0.307 e. The molecular weight excluding hydrogens is 264 g/mol. The Labute approximate surface area is 116 Å². The van der Waals surface area contributed by atoms with Gasteiger partial charge in [-0.05, 0) is 19.9 Å². The van der Waals surface area contributed by atoms with Gasteiger partial charge in [-0.25, -0.2) is 8.78 Å². The van der Waals surface area contributed by atoms with E-state index in [1.54, 1.807) is 12.3 Å². The molecule has 0 radical (unpaired) electrons. The summed E-state index contributed by atoms with van der Waals surface area (Å²) in [6, 6.07) is 1.75. The predicted octanol–water partition coefficient (Wildman–Crippen LogP) is 1.96. The molecule has 2 heterocycles. The number of hydrogen-bond acceptors (Lipinski definition) is 3. The molecule has 2 aromatic heterocycles. The summed E-state index contributed by atoms with van der Waals surface area (Å²) in [5.74, 6) is 0. The van der Waals surface area contributed by atoms with Gasteiger partial charge in [-0.15, -0.1) is 0 Å². The molecule has 0 spiro atoms. The van der Waals surface area contributed by atoms with Crippen LogP contribution in [0.3, 0.4) is 0 Å². The summed E-state index contributed by atoms with van der Waals surface area (Å²) in [5, 5.41) is 11.7. The van der Waals surface area contributed by atoms with E-state index in [-0.39, 0.29) is 6.54 Å². The Hall–Kier alpha value is -1.76. The lowest BCUT2D eigenvalue weighted by Gasteiger charge is -2.02. The molecule has 2 aromatic rings. The van der Waals surface area contributed by atoms with Gasteiger partial charge in [0, 0.05) is 37.6 Å². The maximum atomic E-state index is 12.2. The van der Waals surface area contributed by atoms with E-state index in [0.717, 1.165) is 23.5 Å². The molecule has 0 fully saturated rings. The van der Waals surface area contributed by atoms with Crippen molar-refractivity contribution in [1.82, 2.24) is 24.9 Å². The molecule has 0 amide bonds. The van der Waals surface area contributed by atoms with Crippen LogP contribution in [-0.4, -0.2) is 26.0 Å². The Morgan fingerprint density at radius 1 is 1.25 bits per heavy atom. The molecule has 0 aromatic carbocycles. The summed E-state index contributed by atoms with van der Waals surface area (Å²) in [7, 11) is 0. The van der Waals surface area contributed by atoms with Crippen molar-refractivity contribution in [2.45, 2.75) is 46.5 Å². The number of hydrogen-bond donors (Lipinski definition) is 1. The molecule has 20 heavy (non-hydrogen) atoms. The second kappa shape index (κ2) is 6.60. The average molecular weight is 283 g/mol. The summed E-state index contributed by atoms with van der Waals surface area (Å²) in [6.45, 7) is 5.74. The van der Waals surface area contributed by atoms with E-state index in [0.29, 0.717) is 13.1 Å². The van der Waals surface area contributed by atoms with E-state index in [4.69, 9.17) is 0 Å². The first-order valence-corrected chi connectivity index (χ1v) is 6.62. The minimum absolute atomic E-state index is 0.359. The van der Waals surface area contributed by atoms with Crippen molar-refractivity contribution in [2.75, 3.05) is 0 Å². The van der Waals surface area contributed by atoms with E-state index in [2.05, 4.69) is 15.5 Å². The Balaban J connectivity index is 1.83. The molecule has 7 heteroatoms. The standard InChI is InChI=1S/C13H19F2N5/c1-3-19-8-11(10(2)17-19)6-16-7-12-4-5-20(18-12)9-13(14)15/h4-5,8,13,16H,3,6-7,9H2,1-2H3. The van der Waals surface area contributed by atoms with Crippen LogP contribution in [0.5, 0.6) is 0 Å². The summed E-state index contributed by atoms with van der Waals surface area (Å²) in [6.07, 6.45) is 1.21. The topological polar surface area (TPSA) is 47.7 Å². The summed E-state index contributed by atoms with van der Waals surface area (Å²) < 4.78 is 27.6. The third-order valence-electron chi connectivity index (χ3n) is 3.01. The van der Waals surface area contributed by atoms with Gasteiger partial charge in [0.15, 0.2) is 0 Å². The van der Waals surface area contributed by atoms with Crippen molar-refractivity contribution in [1.29, 1.82) is 0 Å². The molecule has 0 bridgehead atoms. The number of halogens is 2. The van der Waals surface area contributed by atoms with Crippen LogP contribution in [0.4, 0.5) is 8.78 Å². The average Bonchev–Trinajstić information content (AvgIpc) is 2.96. The number of rotatable bonds is 7. The molecule has 110 valence electrons. The lowest BCUT2D eigenvalue weighted by molar-refractivity contribution is 0.121. The summed E-state index contributed by atoms with van der Waals surface area (Å²) in [5.41, 5.74) is 2.90. The normalized spacial score (nSPS) is 11.4. The van der Waals surface area contributed by atoms with E-state index in [1.165, 1.54) is 4.68 Å². The molecule has 0 saturated heterocycles. The van der Waals surface area contributed by atoms with Gasteiger partial charge in [0.05, 0.1) is 11.4 Å². The molecule has 0 unspecified atom stereocenters. The molecule has 0 aliphatic heterocycles. The fourth-order valence-corrected chi connectivity index (χ4v) is 1.96. The highest BCUT2D eigenvalue weighted by Gasteiger charge is 2.07. The Bertz CT molecular complexity index is 547. The third-order valence-corrected chi connectivity index (χ3v) is 3.01. The first kappa shape index (κ1) is 14.6. The molecule has 5 nitrogen and oxygen atoms in total. The summed E-state index contributed by atoms with van der Waals surface area (Å²) in [4.78, 5) is 0. The monoisotopic (exact) mass is 283 g/mol. The third kappa shape index (κ3) is 3.86. The quantitative estimate of drug-likeness (QED) is 0.845. The van der Waals surface area contributed by atoms with Gasteiger partial charge in [0.1, 0.15) is 6.54 Å². The van der Waals surface area contributed by atoms with Crippen LogP contribution in [0.25, 0.3) is 0 Å². The second-order valence-electron chi connectivity index (χ2n) is 4.62. The molecule has 1 N–H and O–H groups in total. The Morgan fingerprint density at radius 2 is 2.05 bits per heavy atom. The first-order chi connectivity index (χ1) is 9.58. The number of aryl methyl sites for hydroxylation is 2. The maximum absolute atomic E-state index is 12.2. The van der Waals surface area contributed by atoms with Crippen LogP contribution >= 0.6 is 0 Å². The Morgan fingerprint density at radius 3 is 2.70 bits per heavy atom.